The Morgan fingerprint density at radius 3 is 1.52 bits per heavy atom. The second-order valence-electron chi connectivity index (χ2n) is 7.21. The largest absolute Gasteiger partial charge is 0.289 e. The molecule has 140 valence electrons. The fraction of sp³-hybridized carbons (Fsp3) is 0.0833. The summed E-state index contributed by atoms with van der Waals surface area (Å²) >= 11 is 0. The van der Waals surface area contributed by atoms with Crippen LogP contribution in [0.1, 0.15) is 18.5 Å². The Morgan fingerprint density at radius 1 is 0.586 bits per heavy atom. The van der Waals surface area contributed by atoms with Crippen LogP contribution in [0.25, 0.3) is 32.3 Å². The van der Waals surface area contributed by atoms with Gasteiger partial charge in [-0.1, -0.05) is 54.6 Å². The van der Waals surface area contributed by atoms with Crippen molar-refractivity contribution in [2.45, 2.75) is 13.0 Å². The molecule has 0 saturated carbocycles. The Morgan fingerprint density at radius 2 is 1.03 bits per heavy atom. The third-order valence-corrected chi connectivity index (χ3v) is 5.63. The van der Waals surface area contributed by atoms with Crippen molar-refractivity contribution in [2.24, 2.45) is 0 Å². The first-order valence-electron chi connectivity index (χ1n) is 9.28. The summed E-state index contributed by atoms with van der Waals surface area (Å²) < 4.78 is 1.19. The summed E-state index contributed by atoms with van der Waals surface area (Å²) in [6.07, 6.45) is 0. The zero-order valence-electron chi connectivity index (χ0n) is 15.5. The molecule has 5 heteroatoms. The summed E-state index contributed by atoms with van der Waals surface area (Å²) in [5, 5.41) is 1.30. The van der Waals surface area contributed by atoms with E-state index in [0.29, 0.717) is 10.8 Å². The number of fused-ring (bicyclic) bond motifs is 3. The van der Waals surface area contributed by atoms with E-state index >= 15 is 0 Å². The van der Waals surface area contributed by atoms with Crippen LogP contribution in [0.15, 0.2) is 85.9 Å². The zero-order chi connectivity index (χ0) is 20.3. The average Bonchev–Trinajstić information content (AvgIpc) is 3.00. The van der Waals surface area contributed by atoms with E-state index in [0.717, 1.165) is 5.56 Å². The van der Waals surface area contributed by atoms with Crippen LogP contribution in [-0.2, 0) is 0 Å². The number of benzene rings is 4. The third kappa shape index (κ3) is 2.34. The van der Waals surface area contributed by atoms with Crippen molar-refractivity contribution in [1.82, 2.24) is 4.57 Å². The maximum Gasteiger partial charge on any atom is 0.262 e. The molecule has 5 aromatic rings. The van der Waals surface area contributed by atoms with Crippen LogP contribution in [-0.4, -0.2) is 4.57 Å². The highest BCUT2D eigenvalue weighted by molar-refractivity contribution is 6.04. The molecule has 1 heterocycles. The van der Waals surface area contributed by atoms with Gasteiger partial charge in [0.15, 0.2) is 10.9 Å². The van der Waals surface area contributed by atoms with Gasteiger partial charge < -0.3 is 0 Å². The highest BCUT2D eigenvalue weighted by Gasteiger charge is 2.21. The van der Waals surface area contributed by atoms with E-state index in [1.54, 1.807) is 31.2 Å². The number of hydrogen-bond donors (Lipinski definition) is 0. The monoisotopic (exact) mass is 381 g/mol. The Hall–Kier alpha value is -3.86. The van der Waals surface area contributed by atoms with E-state index in [1.165, 1.54) is 16.7 Å². The van der Waals surface area contributed by atoms with Gasteiger partial charge in [-0.15, -0.1) is 0 Å². The standard InChI is InChI=1S/C24H15NO4/c1-13(14-7-3-2-4-8-14)25-23(28)19-11-17-18(12-20(19)24(25)29)22(27)16-10-6-5-9-15(16)21(17)26/h2-13H,1H3/t13-/m1/s1. The molecule has 4 aromatic carbocycles. The molecule has 0 spiro atoms. The smallest absolute Gasteiger partial charge is 0.262 e. The van der Waals surface area contributed by atoms with Gasteiger partial charge in [0.25, 0.3) is 11.1 Å². The van der Waals surface area contributed by atoms with E-state index in [1.807, 2.05) is 30.3 Å². The second-order valence-corrected chi connectivity index (χ2v) is 7.21. The molecule has 1 atom stereocenters. The van der Waals surface area contributed by atoms with E-state index < -0.39 is 17.2 Å². The van der Waals surface area contributed by atoms with Crippen LogP contribution in [0.5, 0.6) is 0 Å². The fourth-order valence-electron chi connectivity index (χ4n) is 4.08. The van der Waals surface area contributed by atoms with Crippen LogP contribution < -0.4 is 22.0 Å². The molecule has 0 aliphatic rings. The normalized spacial score (nSPS) is 12.7. The first kappa shape index (κ1) is 17.3. The molecule has 5 rings (SSSR count). The van der Waals surface area contributed by atoms with E-state index in [9.17, 15) is 19.2 Å². The molecule has 1 aromatic heterocycles. The maximum absolute atomic E-state index is 13.1. The third-order valence-electron chi connectivity index (χ3n) is 5.63. The molecule has 0 N–H and O–H groups in total. The van der Waals surface area contributed by atoms with Crippen molar-refractivity contribution in [3.8, 4) is 0 Å². The van der Waals surface area contributed by atoms with Gasteiger partial charge in [-0.3, -0.25) is 23.7 Å². The lowest BCUT2D eigenvalue weighted by Gasteiger charge is -2.11. The van der Waals surface area contributed by atoms with Gasteiger partial charge in [-0.2, -0.15) is 0 Å². The molecule has 0 radical (unpaired) electrons. The lowest BCUT2D eigenvalue weighted by atomic mass is 10.0. The van der Waals surface area contributed by atoms with Crippen molar-refractivity contribution in [2.75, 3.05) is 0 Å². The lowest BCUT2D eigenvalue weighted by Crippen LogP contribution is -2.29. The van der Waals surface area contributed by atoms with E-state index in [2.05, 4.69) is 0 Å². The van der Waals surface area contributed by atoms with E-state index in [4.69, 9.17) is 0 Å². The second kappa shape index (κ2) is 6.07. The SMILES string of the molecule is C[C@H](c1ccccc1)n1c(=O)c2cc3c(=O)c4ccccc4c(=O)c3cc2c1=O. The Labute approximate surface area is 163 Å². The summed E-state index contributed by atoms with van der Waals surface area (Å²) in [4.78, 5) is 51.9. The average molecular weight is 381 g/mol. The summed E-state index contributed by atoms with van der Waals surface area (Å²) in [5.74, 6) is 0. The van der Waals surface area contributed by atoms with Gasteiger partial charge in [-0.05, 0) is 24.6 Å². The van der Waals surface area contributed by atoms with Gasteiger partial charge in [0.05, 0.1) is 16.8 Å². The van der Waals surface area contributed by atoms with Gasteiger partial charge >= 0.3 is 0 Å². The molecule has 0 bridgehead atoms. The van der Waals surface area contributed by atoms with Crippen LogP contribution in [0, 0.1) is 0 Å². The minimum Gasteiger partial charge on any atom is -0.289 e. The van der Waals surface area contributed by atoms with Gasteiger partial charge in [0.1, 0.15) is 0 Å². The van der Waals surface area contributed by atoms with Crippen molar-refractivity contribution in [3.05, 3.63) is 113 Å². The van der Waals surface area contributed by atoms with Crippen LogP contribution in [0.2, 0.25) is 0 Å². The van der Waals surface area contributed by atoms with Gasteiger partial charge in [0.2, 0.25) is 0 Å². The van der Waals surface area contributed by atoms with Crippen LogP contribution in [0.4, 0.5) is 0 Å². The first-order valence-corrected chi connectivity index (χ1v) is 9.28. The number of hydrogen-bond acceptors (Lipinski definition) is 4. The Balaban J connectivity index is 1.91. The highest BCUT2D eigenvalue weighted by atomic mass is 16.2. The molecule has 0 aliphatic heterocycles. The molecule has 0 amide bonds. The molecule has 0 aliphatic carbocycles. The van der Waals surface area contributed by atoms with Crippen LogP contribution in [0.3, 0.4) is 0 Å². The Kier molecular flexibility index (Phi) is 3.61. The quantitative estimate of drug-likeness (QED) is 0.441. The Bertz CT molecular complexity index is 1540. The minimum atomic E-state index is -0.468. The van der Waals surface area contributed by atoms with Gasteiger partial charge in [0, 0.05) is 21.5 Å². The minimum absolute atomic E-state index is 0.164. The lowest BCUT2D eigenvalue weighted by molar-refractivity contribution is 0.610. The number of rotatable bonds is 2. The molecule has 0 unspecified atom stereocenters. The predicted octanol–water partition coefficient (Wildman–Crippen LogP) is 2.87. The number of nitrogens with zero attached hydrogens (tertiary/aromatic N) is 1. The molecular weight excluding hydrogens is 366 g/mol. The summed E-state index contributed by atoms with van der Waals surface area (Å²) in [6, 6.07) is 18.2. The number of aromatic nitrogens is 1. The predicted molar refractivity (Wildman–Crippen MR) is 115 cm³/mol. The molecule has 5 nitrogen and oxygen atoms in total. The topological polar surface area (TPSA) is 73.2 Å². The molecular formula is C24H15NO4. The summed E-state index contributed by atoms with van der Waals surface area (Å²) in [7, 11) is 0. The van der Waals surface area contributed by atoms with Gasteiger partial charge in [-0.25, -0.2) is 0 Å². The molecule has 29 heavy (non-hydrogen) atoms. The van der Waals surface area contributed by atoms with Crippen molar-refractivity contribution in [1.29, 1.82) is 0 Å². The zero-order valence-corrected chi connectivity index (χ0v) is 15.5. The van der Waals surface area contributed by atoms with Crippen molar-refractivity contribution < 1.29 is 0 Å². The van der Waals surface area contributed by atoms with Crippen molar-refractivity contribution in [3.63, 3.8) is 0 Å². The highest BCUT2D eigenvalue weighted by Crippen LogP contribution is 2.20. The van der Waals surface area contributed by atoms with Crippen molar-refractivity contribution >= 4 is 32.3 Å². The van der Waals surface area contributed by atoms with Crippen LogP contribution >= 0.6 is 0 Å². The fourth-order valence-corrected chi connectivity index (χ4v) is 4.08. The first-order chi connectivity index (χ1) is 14.0. The molecule has 0 saturated heterocycles. The summed E-state index contributed by atoms with van der Waals surface area (Å²) in [5.41, 5.74) is -0.710. The van der Waals surface area contributed by atoms with E-state index in [-0.39, 0.29) is 32.4 Å². The summed E-state index contributed by atoms with van der Waals surface area (Å²) in [6.45, 7) is 1.78. The molecule has 0 fully saturated rings. The maximum atomic E-state index is 13.1.